The summed E-state index contributed by atoms with van der Waals surface area (Å²) in [7, 11) is 0. The molecule has 0 spiro atoms. The lowest BCUT2D eigenvalue weighted by Crippen LogP contribution is -2.62. The van der Waals surface area contributed by atoms with E-state index in [4.69, 9.17) is 9.84 Å². The molecule has 1 aromatic carbocycles. The number of carbonyl (C=O) groups is 1. The maximum Gasteiger partial charge on any atom is 0.303 e. The summed E-state index contributed by atoms with van der Waals surface area (Å²) in [6.45, 7) is -0.328. The Morgan fingerprint density at radius 1 is 1.29 bits per heavy atom. The molecule has 1 heterocycles. The number of aliphatic carboxylic acids is 1. The van der Waals surface area contributed by atoms with Crippen molar-refractivity contribution in [1.82, 2.24) is 0 Å². The second-order valence-electron chi connectivity index (χ2n) is 6.00. The van der Waals surface area contributed by atoms with Crippen molar-refractivity contribution in [3.8, 4) is 0 Å². The highest BCUT2D eigenvalue weighted by atomic mass is 16.6. The Hall–Kier alpha value is -1.71. The zero-order valence-electron chi connectivity index (χ0n) is 13.1. The van der Waals surface area contributed by atoms with Gasteiger partial charge in [0.2, 0.25) is 0 Å². The second-order valence-corrected chi connectivity index (χ2v) is 6.00. The molecule has 0 aromatic heterocycles. The minimum atomic E-state index is -2.08. The van der Waals surface area contributed by atoms with E-state index in [1.807, 2.05) is 6.07 Å². The first kappa shape index (κ1) is 18.6. The zero-order valence-corrected chi connectivity index (χ0v) is 13.1. The normalized spacial score (nSPS) is 31.4. The molecule has 5 atom stereocenters. The summed E-state index contributed by atoms with van der Waals surface area (Å²) >= 11 is 0. The topological polar surface area (TPSA) is 139 Å². The summed E-state index contributed by atoms with van der Waals surface area (Å²) in [6.07, 6.45) is -4.64. The third kappa shape index (κ3) is 4.65. The molecule has 0 radical (unpaired) electrons. The number of rotatable bonds is 7. The third-order valence-electron chi connectivity index (χ3n) is 4.07. The number of hydrogen-bond donors (Lipinski definition) is 6. The van der Waals surface area contributed by atoms with E-state index in [0.717, 1.165) is 5.69 Å². The number of benzene rings is 1. The van der Waals surface area contributed by atoms with Gasteiger partial charge in [-0.3, -0.25) is 4.79 Å². The number of anilines is 1. The number of carboxylic acids is 1. The van der Waals surface area contributed by atoms with Crippen molar-refractivity contribution < 1.29 is 35.1 Å². The summed E-state index contributed by atoms with van der Waals surface area (Å²) in [5.74, 6) is -3.06. The van der Waals surface area contributed by atoms with Gasteiger partial charge in [0.1, 0.15) is 18.3 Å². The molecule has 0 bridgehead atoms. The SMILES string of the molecule is O=C(O)CCC(C[C@@]1(O)OC[C@@H](O)[C@H](O)[C@H]1O)Nc1ccccc1. The number of para-hydroxylation sites is 1. The minimum absolute atomic E-state index is 0.137. The molecule has 0 saturated carbocycles. The van der Waals surface area contributed by atoms with E-state index >= 15 is 0 Å². The number of carboxylic acid groups (broad SMARTS) is 1. The fourth-order valence-corrected chi connectivity index (χ4v) is 2.72. The van der Waals surface area contributed by atoms with Gasteiger partial charge in [0.15, 0.2) is 5.79 Å². The highest BCUT2D eigenvalue weighted by Crippen LogP contribution is 2.30. The quantitative estimate of drug-likeness (QED) is 0.391. The molecule has 0 amide bonds. The summed E-state index contributed by atoms with van der Waals surface area (Å²) < 4.78 is 5.14. The molecule has 8 nitrogen and oxygen atoms in total. The number of ether oxygens (including phenoxy) is 1. The lowest BCUT2D eigenvalue weighted by Gasteiger charge is -2.43. The van der Waals surface area contributed by atoms with E-state index in [1.54, 1.807) is 24.3 Å². The van der Waals surface area contributed by atoms with Crippen LogP contribution in [-0.2, 0) is 9.53 Å². The van der Waals surface area contributed by atoms with Crippen LogP contribution in [0.2, 0.25) is 0 Å². The molecule has 1 aromatic rings. The van der Waals surface area contributed by atoms with Crippen molar-refractivity contribution in [3.63, 3.8) is 0 Å². The Morgan fingerprint density at radius 3 is 2.58 bits per heavy atom. The van der Waals surface area contributed by atoms with E-state index in [0.29, 0.717) is 0 Å². The molecule has 1 aliphatic heterocycles. The fraction of sp³-hybridized carbons (Fsp3) is 0.562. The highest BCUT2D eigenvalue weighted by Gasteiger charge is 2.49. The molecule has 6 N–H and O–H groups in total. The van der Waals surface area contributed by atoms with Gasteiger partial charge >= 0.3 is 5.97 Å². The van der Waals surface area contributed by atoms with E-state index < -0.39 is 36.1 Å². The van der Waals surface area contributed by atoms with Gasteiger partial charge in [-0.1, -0.05) is 18.2 Å². The van der Waals surface area contributed by atoms with Gasteiger partial charge in [0.25, 0.3) is 0 Å². The Kier molecular flexibility index (Phi) is 6.14. The van der Waals surface area contributed by atoms with Crippen molar-refractivity contribution in [2.75, 3.05) is 11.9 Å². The monoisotopic (exact) mass is 341 g/mol. The van der Waals surface area contributed by atoms with Gasteiger partial charge < -0.3 is 35.6 Å². The maximum absolute atomic E-state index is 10.8. The first-order valence-corrected chi connectivity index (χ1v) is 7.76. The Balaban J connectivity index is 2.09. The lowest BCUT2D eigenvalue weighted by molar-refractivity contribution is -0.324. The summed E-state index contributed by atoms with van der Waals surface area (Å²) in [5, 5.41) is 51.8. The van der Waals surface area contributed by atoms with Crippen molar-refractivity contribution in [2.45, 2.75) is 49.4 Å². The standard InChI is InChI=1S/C16H23NO7/c18-12-9-24-16(23,15(22)14(12)21)8-11(6-7-13(19)20)17-10-4-2-1-3-5-10/h1-5,11-12,14-15,17-18,21-23H,6-9H2,(H,19,20)/t11?,12-,14+,15-,16-/m1/s1. The molecule has 2 rings (SSSR count). The molecule has 1 aliphatic rings. The maximum atomic E-state index is 10.8. The molecule has 1 saturated heterocycles. The van der Waals surface area contributed by atoms with E-state index in [2.05, 4.69) is 5.32 Å². The largest absolute Gasteiger partial charge is 0.481 e. The van der Waals surface area contributed by atoms with Gasteiger partial charge in [-0.15, -0.1) is 0 Å². The first-order valence-electron chi connectivity index (χ1n) is 7.76. The smallest absolute Gasteiger partial charge is 0.303 e. The summed E-state index contributed by atoms with van der Waals surface area (Å²) in [4.78, 5) is 10.8. The van der Waals surface area contributed by atoms with Crippen molar-refractivity contribution in [3.05, 3.63) is 30.3 Å². The van der Waals surface area contributed by atoms with Gasteiger partial charge in [0, 0.05) is 24.6 Å². The molecular weight excluding hydrogens is 318 g/mol. The third-order valence-corrected chi connectivity index (χ3v) is 4.07. The van der Waals surface area contributed by atoms with Crippen LogP contribution in [-0.4, -0.2) is 68.2 Å². The predicted octanol–water partition coefficient (Wildman–Crippen LogP) is -0.476. The van der Waals surface area contributed by atoms with Crippen LogP contribution in [0.4, 0.5) is 5.69 Å². The summed E-state index contributed by atoms with van der Waals surface area (Å²) in [6, 6.07) is 8.49. The van der Waals surface area contributed by atoms with Crippen LogP contribution >= 0.6 is 0 Å². The molecule has 134 valence electrons. The van der Waals surface area contributed by atoms with Crippen molar-refractivity contribution in [1.29, 1.82) is 0 Å². The minimum Gasteiger partial charge on any atom is -0.481 e. The Morgan fingerprint density at radius 2 is 1.96 bits per heavy atom. The van der Waals surface area contributed by atoms with E-state index in [1.165, 1.54) is 0 Å². The van der Waals surface area contributed by atoms with Gasteiger partial charge in [-0.2, -0.15) is 0 Å². The number of nitrogens with one attached hydrogen (secondary N) is 1. The number of aliphatic hydroxyl groups excluding tert-OH is 3. The summed E-state index contributed by atoms with van der Waals surface area (Å²) in [5.41, 5.74) is 0.724. The van der Waals surface area contributed by atoms with Crippen LogP contribution in [0.3, 0.4) is 0 Å². The van der Waals surface area contributed by atoms with Crippen molar-refractivity contribution in [2.24, 2.45) is 0 Å². The van der Waals surface area contributed by atoms with Crippen LogP contribution in [0, 0.1) is 0 Å². The van der Waals surface area contributed by atoms with Crippen molar-refractivity contribution >= 4 is 11.7 Å². The van der Waals surface area contributed by atoms with Crippen LogP contribution in [0.5, 0.6) is 0 Å². The molecule has 1 unspecified atom stereocenters. The fourth-order valence-electron chi connectivity index (χ4n) is 2.72. The molecule has 24 heavy (non-hydrogen) atoms. The van der Waals surface area contributed by atoms with E-state index in [-0.39, 0.29) is 25.9 Å². The zero-order chi connectivity index (χ0) is 17.7. The first-order chi connectivity index (χ1) is 11.3. The molecular formula is C16H23NO7. The Bertz CT molecular complexity index is 540. The van der Waals surface area contributed by atoms with Crippen LogP contribution < -0.4 is 5.32 Å². The van der Waals surface area contributed by atoms with Crippen LogP contribution in [0.25, 0.3) is 0 Å². The number of aliphatic hydroxyl groups is 4. The Labute approximate surface area is 139 Å². The average Bonchev–Trinajstić information content (AvgIpc) is 2.56. The molecule has 0 aliphatic carbocycles. The molecule has 1 fully saturated rings. The van der Waals surface area contributed by atoms with Crippen LogP contribution in [0.1, 0.15) is 19.3 Å². The van der Waals surface area contributed by atoms with E-state index in [9.17, 15) is 25.2 Å². The van der Waals surface area contributed by atoms with Gasteiger partial charge in [-0.05, 0) is 18.6 Å². The lowest BCUT2D eigenvalue weighted by atomic mass is 9.90. The van der Waals surface area contributed by atoms with Gasteiger partial charge in [-0.25, -0.2) is 0 Å². The van der Waals surface area contributed by atoms with Gasteiger partial charge in [0.05, 0.1) is 6.61 Å². The predicted molar refractivity (Wildman–Crippen MR) is 84.3 cm³/mol. The highest BCUT2D eigenvalue weighted by molar-refractivity contribution is 5.66. The van der Waals surface area contributed by atoms with Crippen LogP contribution in [0.15, 0.2) is 30.3 Å². The molecule has 8 heteroatoms. The number of hydrogen-bond acceptors (Lipinski definition) is 7. The average molecular weight is 341 g/mol. The second kappa shape index (κ2) is 7.91.